The summed E-state index contributed by atoms with van der Waals surface area (Å²) in [4.78, 5) is 28.0. The molecule has 8 nitrogen and oxygen atoms in total. The Balaban J connectivity index is 1.18. The van der Waals surface area contributed by atoms with E-state index >= 15 is 0 Å². The van der Waals surface area contributed by atoms with Gasteiger partial charge < -0.3 is 29.3 Å². The monoisotopic (exact) mass is 445 g/mol. The van der Waals surface area contributed by atoms with E-state index < -0.39 is 6.29 Å². The van der Waals surface area contributed by atoms with Crippen LogP contribution < -0.4 is 24.4 Å². The van der Waals surface area contributed by atoms with Crippen molar-refractivity contribution in [3.05, 3.63) is 42.0 Å². The van der Waals surface area contributed by atoms with E-state index in [1.54, 1.807) is 17.0 Å². The fraction of sp³-hybridized carbons (Fsp3) is 0.364. The number of alkyl halides is 2. The second-order valence-electron chi connectivity index (χ2n) is 8.01. The molecule has 2 aromatic rings. The molecule has 3 aliphatic rings. The van der Waals surface area contributed by atoms with Gasteiger partial charge in [-0.05, 0) is 25.1 Å². The molecule has 10 heteroatoms. The molecule has 0 aliphatic carbocycles. The number of fused-ring (bicyclic) bond motifs is 2. The number of anilines is 2. The number of hydrogen-bond acceptors (Lipinski definition) is 7. The maximum absolute atomic E-state index is 13.3. The van der Waals surface area contributed by atoms with Crippen molar-refractivity contribution < 1.29 is 32.6 Å². The molecule has 2 aromatic carbocycles. The highest BCUT2D eigenvalue weighted by atomic mass is 19.3. The number of hydrogen-bond donors (Lipinski definition) is 1. The van der Waals surface area contributed by atoms with Crippen LogP contribution in [0.15, 0.2) is 36.4 Å². The number of carbonyl (C=O) groups is 2. The summed E-state index contributed by atoms with van der Waals surface area (Å²) in [5.41, 5.74) is 2.27. The van der Waals surface area contributed by atoms with Crippen LogP contribution in [-0.2, 0) is 16.0 Å². The van der Waals surface area contributed by atoms with Gasteiger partial charge in [0.2, 0.25) is 5.91 Å². The molecule has 1 N–H and O–H groups in total. The number of amides is 1. The molecule has 3 heterocycles. The van der Waals surface area contributed by atoms with Crippen molar-refractivity contribution in [2.24, 2.45) is 0 Å². The third-order valence-electron chi connectivity index (χ3n) is 5.77. The number of piperazine rings is 1. The van der Waals surface area contributed by atoms with Crippen LogP contribution in [0, 0.1) is 0 Å². The van der Waals surface area contributed by atoms with Crippen LogP contribution >= 0.6 is 0 Å². The van der Waals surface area contributed by atoms with Gasteiger partial charge in [-0.3, -0.25) is 9.59 Å². The van der Waals surface area contributed by atoms with E-state index in [-0.39, 0.29) is 42.4 Å². The highest BCUT2D eigenvalue weighted by molar-refractivity contribution is 5.83. The lowest BCUT2D eigenvalue weighted by atomic mass is 10.1. The summed E-state index contributed by atoms with van der Waals surface area (Å²) in [5.74, 6) is 0.197. The zero-order chi connectivity index (χ0) is 22.5. The third kappa shape index (κ3) is 3.88. The third-order valence-corrected chi connectivity index (χ3v) is 5.77. The van der Waals surface area contributed by atoms with Crippen LogP contribution in [-0.4, -0.2) is 55.3 Å². The summed E-state index contributed by atoms with van der Waals surface area (Å²) in [5, 5.41) is 3.09. The van der Waals surface area contributed by atoms with E-state index in [0.717, 1.165) is 11.3 Å². The fourth-order valence-electron chi connectivity index (χ4n) is 4.20. The Morgan fingerprint density at radius 1 is 1.12 bits per heavy atom. The molecule has 0 unspecified atom stereocenters. The molecule has 168 valence electrons. The lowest BCUT2D eigenvalue weighted by Crippen LogP contribution is -2.55. The average molecular weight is 445 g/mol. The van der Waals surface area contributed by atoms with Gasteiger partial charge in [0, 0.05) is 54.7 Å². The highest BCUT2D eigenvalue weighted by Crippen LogP contribution is 2.43. The van der Waals surface area contributed by atoms with Crippen LogP contribution in [0.5, 0.6) is 17.2 Å². The van der Waals surface area contributed by atoms with Gasteiger partial charge in [0.25, 0.3) is 0 Å². The first kappa shape index (κ1) is 20.3. The van der Waals surface area contributed by atoms with Gasteiger partial charge in [0.1, 0.15) is 5.75 Å². The first-order chi connectivity index (χ1) is 15.3. The van der Waals surface area contributed by atoms with Gasteiger partial charge in [0.05, 0.1) is 13.0 Å². The quantitative estimate of drug-likeness (QED) is 0.573. The topological polar surface area (TPSA) is 80.3 Å². The second kappa shape index (κ2) is 7.54. The molecule has 1 atom stereocenters. The fourth-order valence-corrected chi connectivity index (χ4v) is 4.20. The number of ether oxygens (including phenoxy) is 3. The number of benzene rings is 2. The summed E-state index contributed by atoms with van der Waals surface area (Å²) >= 11 is 0. The molecule has 1 saturated heterocycles. The predicted octanol–water partition coefficient (Wildman–Crippen LogP) is 2.62. The van der Waals surface area contributed by atoms with Crippen molar-refractivity contribution in [3.8, 4) is 17.2 Å². The number of nitrogens with zero attached hydrogens (tertiary/aromatic N) is 2. The molecule has 0 bridgehead atoms. The summed E-state index contributed by atoms with van der Waals surface area (Å²) in [7, 11) is 0. The van der Waals surface area contributed by atoms with Crippen LogP contribution in [0.2, 0.25) is 0 Å². The Morgan fingerprint density at radius 3 is 2.75 bits per heavy atom. The maximum atomic E-state index is 13.3. The number of halogens is 2. The van der Waals surface area contributed by atoms with Crippen LogP contribution in [0.4, 0.5) is 20.2 Å². The van der Waals surface area contributed by atoms with Gasteiger partial charge in [-0.15, -0.1) is 8.78 Å². The maximum Gasteiger partial charge on any atom is 0.586 e. The van der Waals surface area contributed by atoms with Crippen molar-refractivity contribution in [2.45, 2.75) is 25.7 Å². The lowest BCUT2D eigenvalue weighted by Gasteiger charge is -2.41. The van der Waals surface area contributed by atoms with E-state index in [1.165, 1.54) is 12.1 Å². The number of carbonyl (C=O) groups excluding carboxylic acids is 2. The van der Waals surface area contributed by atoms with Gasteiger partial charge in [-0.2, -0.15) is 0 Å². The molecule has 0 aromatic heterocycles. The van der Waals surface area contributed by atoms with Crippen LogP contribution in [0.1, 0.15) is 12.5 Å². The number of nitrogens with one attached hydrogen (secondary N) is 1. The highest BCUT2D eigenvalue weighted by Gasteiger charge is 2.43. The van der Waals surface area contributed by atoms with Crippen molar-refractivity contribution >= 4 is 23.3 Å². The first-order valence-corrected chi connectivity index (χ1v) is 10.3. The number of rotatable bonds is 4. The number of esters is 1. The van der Waals surface area contributed by atoms with Gasteiger partial charge >= 0.3 is 12.3 Å². The summed E-state index contributed by atoms with van der Waals surface area (Å²) in [6.45, 7) is 3.65. The van der Waals surface area contributed by atoms with Gasteiger partial charge in [0.15, 0.2) is 11.5 Å². The Kier molecular flexibility index (Phi) is 4.79. The molecule has 0 spiro atoms. The van der Waals surface area contributed by atoms with Crippen molar-refractivity contribution in [2.75, 3.05) is 36.4 Å². The van der Waals surface area contributed by atoms with Gasteiger partial charge in [-0.25, -0.2) is 0 Å². The second-order valence-corrected chi connectivity index (χ2v) is 8.01. The summed E-state index contributed by atoms with van der Waals surface area (Å²) in [6, 6.07) is 9.97. The van der Waals surface area contributed by atoms with E-state index in [0.29, 0.717) is 31.1 Å². The largest absolute Gasteiger partial charge is 0.586 e. The van der Waals surface area contributed by atoms with E-state index in [2.05, 4.69) is 14.8 Å². The van der Waals surface area contributed by atoms with Crippen LogP contribution in [0.3, 0.4) is 0 Å². The van der Waals surface area contributed by atoms with E-state index in [1.807, 2.05) is 24.0 Å². The van der Waals surface area contributed by atoms with Crippen molar-refractivity contribution in [1.29, 1.82) is 0 Å². The van der Waals surface area contributed by atoms with Crippen molar-refractivity contribution in [1.82, 2.24) is 4.90 Å². The Hall–Kier alpha value is -3.56. The molecular weight excluding hydrogens is 424 g/mol. The molecular formula is C22H21F2N3O5. The zero-order valence-electron chi connectivity index (χ0n) is 17.3. The van der Waals surface area contributed by atoms with Crippen LogP contribution in [0.25, 0.3) is 0 Å². The smallest absolute Gasteiger partial charge is 0.426 e. The van der Waals surface area contributed by atoms with E-state index in [4.69, 9.17) is 4.74 Å². The molecule has 1 fully saturated rings. The van der Waals surface area contributed by atoms with Crippen molar-refractivity contribution in [3.63, 3.8) is 0 Å². The normalized spacial score (nSPS) is 20.7. The predicted molar refractivity (Wildman–Crippen MR) is 110 cm³/mol. The first-order valence-electron chi connectivity index (χ1n) is 10.3. The molecule has 0 saturated carbocycles. The minimum atomic E-state index is -3.65. The Morgan fingerprint density at radius 2 is 1.94 bits per heavy atom. The summed E-state index contributed by atoms with van der Waals surface area (Å²) in [6.07, 6.45) is -3.38. The van der Waals surface area contributed by atoms with E-state index in [9.17, 15) is 18.4 Å². The molecule has 32 heavy (non-hydrogen) atoms. The Labute approximate surface area is 182 Å². The van der Waals surface area contributed by atoms with Gasteiger partial charge in [-0.1, -0.05) is 6.07 Å². The zero-order valence-corrected chi connectivity index (χ0v) is 17.3. The lowest BCUT2D eigenvalue weighted by molar-refractivity contribution is -0.286. The average Bonchev–Trinajstić information content (AvgIpc) is 3.27. The standard InChI is InChI=1S/C22H21F2N3O5/c1-13-12-26(16-4-5-17-19(10-16)32-22(23,24)31-17)6-7-27(13)20(28)11-25-15-3-2-14-8-21(29)30-18(14)9-15/h2-5,9-10,13,25H,6-8,11-12H2,1H3/t13-/m1/s1. The molecule has 5 rings (SSSR count). The Bertz CT molecular complexity index is 1090. The SMILES string of the molecule is C[C@@H]1CN(c2ccc3c(c2)OC(F)(F)O3)CCN1C(=O)CNc1ccc2c(c1)OC(=O)C2. The minimum absolute atomic E-state index is 0.00267. The minimum Gasteiger partial charge on any atom is -0.426 e. The molecule has 1 amide bonds. The molecule has 0 radical (unpaired) electrons. The molecule has 3 aliphatic heterocycles. The summed E-state index contributed by atoms with van der Waals surface area (Å²) < 4.78 is 40.6.